The van der Waals surface area contributed by atoms with Crippen molar-refractivity contribution in [3.8, 4) is 0 Å². The Morgan fingerprint density at radius 3 is 2.31 bits per heavy atom. The van der Waals surface area contributed by atoms with Crippen LogP contribution in [0.15, 0.2) is 36.0 Å². The van der Waals surface area contributed by atoms with Crippen molar-refractivity contribution >= 4 is 25.4 Å². The monoisotopic (exact) mass is 523 g/mol. The SMILES string of the molecule is C/C(=C/NC1C[C@H](O)[C@@H](CO)O1)C(=O)NCCCNC(=O)Cc1ccc([Si](F)(C(C)C)C(C)C)cc1. The zero-order chi connectivity index (χ0) is 26.9. The van der Waals surface area contributed by atoms with Crippen LogP contribution in [0.1, 0.15) is 53.0 Å². The Morgan fingerprint density at radius 1 is 1.14 bits per heavy atom. The molecule has 202 valence electrons. The molecule has 1 saturated heterocycles. The van der Waals surface area contributed by atoms with E-state index < -0.39 is 26.8 Å². The number of carbonyl (C=O) groups excluding carboxylic acids is 2. The largest absolute Gasteiger partial charge is 0.394 e. The van der Waals surface area contributed by atoms with Gasteiger partial charge in [0.25, 0.3) is 8.41 Å². The lowest BCUT2D eigenvalue weighted by Gasteiger charge is -2.30. The number of halogens is 1. The average molecular weight is 524 g/mol. The normalized spacial score (nSPS) is 20.6. The fourth-order valence-electron chi connectivity index (χ4n) is 4.40. The van der Waals surface area contributed by atoms with Gasteiger partial charge in [-0.15, -0.1) is 0 Å². The van der Waals surface area contributed by atoms with Gasteiger partial charge >= 0.3 is 0 Å². The molecule has 2 amide bonds. The number of amides is 2. The molecule has 8 nitrogen and oxygen atoms in total. The molecule has 1 aliphatic heterocycles. The van der Waals surface area contributed by atoms with Gasteiger partial charge in [0, 0.05) is 31.3 Å². The second-order valence-electron chi connectivity index (χ2n) is 10.1. The molecule has 0 bridgehead atoms. The molecule has 1 aliphatic rings. The quantitative estimate of drug-likeness (QED) is 0.116. The van der Waals surface area contributed by atoms with E-state index in [1.807, 2.05) is 52.0 Å². The lowest BCUT2D eigenvalue weighted by Crippen LogP contribution is -2.49. The van der Waals surface area contributed by atoms with Gasteiger partial charge in [0.05, 0.1) is 19.1 Å². The van der Waals surface area contributed by atoms with E-state index in [0.29, 0.717) is 31.5 Å². The molecule has 1 aromatic rings. The van der Waals surface area contributed by atoms with Crippen molar-refractivity contribution in [2.24, 2.45) is 0 Å². The highest BCUT2D eigenvalue weighted by molar-refractivity contribution is 6.88. The highest BCUT2D eigenvalue weighted by Crippen LogP contribution is 2.33. The second kappa shape index (κ2) is 13.9. The van der Waals surface area contributed by atoms with Crippen LogP contribution in [0.3, 0.4) is 0 Å². The third-order valence-corrected chi connectivity index (χ3v) is 11.2. The maximum absolute atomic E-state index is 15.7. The third-order valence-electron chi connectivity index (χ3n) is 6.65. The van der Waals surface area contributed by atoms with Gasteiger partial charge in [0.1, 0.15) is 12.3 Å². The minimum absolute atomic E-state index is 0.0161. The summed E-state index contributed by atoms with van der Waals surface area (Å²) in [6.07, 6.45) is 0.830. The van der Waals surface area contributed by atoms with Gasteiger partial charge in [-0.1, -0.05) is 52.0 Å². The summed E-state index contributed by atoms with van der Waals surface area (Å²) in [7, 11) is -3.08. The molecule has 0 spiro atoms. The van der Waals surface area contributed by atoms with Crippen LogP contribution in [-0.4, -0.2) is 68.6 Å². The minimum Gasteiger partial charge on any atom is -0.394 e. The van der Waals surface area contributed by atoms with Gasteiger partial charge in [0.2, 0.25) is 11.8 Å². The van der Waals surface area contributed by atoms with Crippen LogP contribution in [0, 0.1) is 0 Å². The molecule has 1 heterocycles. The molecule has 0 saturated carbocycles. The molecule has 0 radical (unpaired) electrons. The van der Waals surface area contributed by atoms with Gasteiger partial charge < -0.3 is 35.0 Å². The van der Waals surface area contributed by atoms with Crippen molar-refractivity contribution < 1.29 is 28.6 Å². The van der Waals surface area contributed by atoms with Gasteiger partial charge in [-0.2, -0.15) is 0 Å². The van der Waals surface area contributed by atoms with Crippen molar-refractivity contribution in [2.45, 2.75) is 83.4 Å². The van der Waals surface area contributed by atoms with Gasteiger partial charge in [-0.3, -0.25) is 9.59 Å². The van der Waals surface area contributed by atoms with Gasteiger partial charge in [-0.05, 0) is 35.2 Å². The molecular formula is C26H42FN3O5Si. The number of benzene rings is 1. The molecular weight excluding hydrogens is 481 g/mol. The topological polar surface area (TPSA) is 120 Å². The number of hydrogen-bond donors (Lipinski definition) is 5. The van der Waals surface area contributed by atoms with E-state index in [0.717, 1.165) is 10.8 Å². The Hall–Kier alpha value is -2.27. The van der Waals surface area contributed by atoms with Gasteiger partial charge in [-0.25, -0.2) is 0 Å². The molecule has 5 N–H and O–H groups in total. The predicted molar refractivity (Wildman–Crippen MR) is 141 cm³/mol. The summed E-state index contributed by atoms with van der Waals surface area (Å²) in [5, 5.41) is 28.2. The van der Waals surface area contributed by atoms with Crippen molar-refractivity contribution in [3.63, 3.8) is 0 Å². The van der Waals surface area contributed by atoms with Crippen LogP contribution in [0.25, 0.3) is 0 Å². The van der Waals surface area contributed by atoms with E-state index in [9.17, 15) is 14.7 Å². The Kier molecular flexibility index (Phi) is 11.5. The number of aliphatic hydroxyl groups is 2. The van der Waals surface area contributed by atoms with Crippen molar-refractivity contribution in [2.75, 3.05) is 19.7 Å². The van der Waals surface area contributed by atoms with Gasteiger partial charge in [0.15, 0.2) is 0 Å². The van der Waals surface area contributed by atoms with Crippen LogP contribution < -0.4 is 21.1 Å². The summed E-state index contributed by atoms with van der Waals surface area (Å²) >= 11 is 0. The number of hydrogen-bond acceptors (Lipinski definition) is 6. The molecule has 10 heteroatoms. The second-order valence-corrected chi connectivity index (χ2v) is 14.5. The molecule has 0 aromatic heterocycles. The first-order chi connectivity index (χ1) is 17.0. The summed E-state index contributed by atoms with van der Waals surface area (Å²) < 4.78 is 21.1. The van der Waals surface area contributed by atoms with E-state index in [-0.39, 0.29) is 35.9 Å². The van der Waals surface area contributed by atoms with Crippen LogP contribution in [0.2, 0.25) is 11.1 Å². The Labute approximate surface area is 214 Å². The Bertz CT molecular complexity index is 886. The molecule has 1 aromatic carbocycles. The molecule has 36 heavy (non-hydrogen) atoms. The molecule has 1 unspecified atom stereocenters. The molecule has 0 aliphatic carbocycles. The molecule has 3 atom stereocenters. The zero-order valence-electron chi connectivity index (χ0n) is 22.0. The molecule has 2 rings (SSSR count). The van der Waals surface area contributed by atoms with Crippen LogP contribution in [0.4, 0.5) is 4.11 Å². The van der Waals surface area contributed by atoms with Crippen molar-refractivity contribution in [3.05, 3.63) is 41.6 Å². The standard InChI is InChI=1S/C26H42FN3O5Si/c1-17(2)36(27,18(3)4)21-9-7-20(8-10-21)13-24(33)28-11-6-12-29-26(34)19(5)15-30-25-14-22(32)23(16-31)35-25/h7-10,15,17-18,22-23,25,30-32H,6,11-14,16H2,1-5H3,(H,28,33)(H,29,34)/b19-15-/t22-,23+,25?/m0/s1. The summed E-state index contributed by atoms with van der Waals surface area (Å²) in [5.74, 6) is -0.368. The smallest absolute Gasteiger partial charge is 0.282 e. The first-order valence-electron chi connectivity index (χ1n) is 12.7. The fraction of sp³-hybridized carbons (Fsp3) is 0.615. The predicted octanol–water partition coefficient (Wildman–Crippen LogP) is 1.76. The van der Waals surface area contributed by atoms with E-state index in [4.69, 9.17) is 9.84 Å². The number of rotatable bonds is 13. The summed E-state index contributed by atoms with van der Waals surface area (Å²) in [6.45, 7) is 9.98. The molecule has 1 fully saturated rings. The number of carbonyl (C=O) groups is 2. The first kappa shape index (κ1) is 30.0. The van der Waals surface area contributed by atoms with Crippen LogP contribution >= 0.6 is 0 Å². The minimum atomic E-state index is -3.08. The summed E-state index contributed by atoms with van der Waals surface area (Å²) in [6, 6.07) is 7.35. The van der Waals surface area contributed by atoms with E-state index in [2.05, 4.69) is 16.0 Å². The van der Waals surface area contributed by atoms with Crippen LogP contribution in [0.5, 0.6) is 0 Å². The lowest BCUT2D eigenvalue weighted by atomic mass is 10.1. The average Bonchev–Trinajstić information content (AvgIpc) is 3.21. The number of aliphatic hydroxyl groups excluding tert-OH is 2. The zero-order valence-corrected chi connectivity index (χ0v) is 23.0. The maximum atomic E-state index is 15.7. The lowest BCUT2D eigenvalue weighted by molar-refractivity contribution is -0.120. The fourth-order valence-corrected chi connectivity index (χ4v) is 7.74. The van der Waals surface area contributed by atoms with E-state index in [1.54, 1.807) is 6.92 Å². The maximum Gasteiger partial charge on any atom is 0.282 e. The highest BCUT2D eigenvalue weighted by atomic mass is 28.4. The van der Waals surface area contributed by atoms with Crippen LogP contribution in [-0.2, 0) is 20.7 Å². The summed E-state index contributed by atoms with van der Waals surface area (Å²) in [4.78, 5) is 24.5. The summed E-state index contributed by atoms with van der Waals surface area (Å²) in [5.41, 5.74) is 1.25. The van der Waals surface area contributed by atoms with Crippen molar-refractivity contribution in [1.29, 1.82) is 0 Å². The van der Waals surface area contributed by atoms with Crippen molar-refractivity contribution in [1.82, 2.24) is 16.0 Å². The first-order valence-corrected chi connectivity index (χ1v) is 14.7. The highest BCUT2D eigenvalue weighted by Gasteiger charge is 2.43. The Morgan fingerprint density at radius 2 is 1.75 bits per heavy atom. The van der Waals surface area contributed by atoms with E-state index in [1.165, 1.54) is 6.20 Å². The van der Waals surface area contributed by atoms with E-state index >= 15 is 4.11 Å². The third kappa shape index (κ3) is 8.12. The number of nitrogens with one attached hydrogen (secondary N) is 3. The number of ether oxygens (including phenoxy) is 1. The Balaban J connectivity index is 1.68.